The zero-order valence-electron chi connectivity index (χ0n) is 7.43. The van der Waals surface area contributed by atoms with Gasteiger partial charge in [-0.3, -0.25) is 9.47 Å². The molecule has 0 aromatic carbocycles. The second-order valence-corrected chi connectivity index (χ2v) is 4.56. The summed E-state index contributed by atoms with van der Waals surface area (Å²) in [6.07, 6.45) is 0. The highest BCUT2D eigenvalue weighted by Crippen LogP contribution is 2.67. The van der Waals surface area contributed by atoms with Crippen molar-refractivity contribution in [1.82, 2.24) is 0 Å². The molecule has 0 aromatic rings. The minimum absolute atomic E-state index is 0.174. The van der Waals surface area contributed by atoms with Gasteiger partial charge in [-0.25, -0.2) is 0 Å². The fraction of sp³-hybridized carbons (Fsp3) is 1.00. The second-order valence-electron chi connectivity index (χ2n) is 4.56. The highest BCUT2D eigenvalue weighted by atomic mass is 17.2. The number of fused-ring (bicyclic) bond motifs is 1. The van der Waals surface area contributed by atoms with Crippen LogP contribution >= 0.6 is 0 Å². The smallest absolute Gasteiger partial charge is 0.322 e. The van der Waals surface area contributed by atoms with Crippen LogP contribution in [0.2, 0.25) is 0 Å². The Hall–Kier alpha value is -0.120. The van der Waals surface area contributed by atoms with Gasteiger partial charge in [0.25, 0.3) is 5.79 Å². The quantitative estimate of drug-likeness (QED) is 0.571. The lowest BCUT2D eigenvalue weighted by molar-refractivity contribution is -0.218. The number of hydrogen-bond acceptors (Lipinski definition) is 3. The summed E-state index contributed by atoms with van der Waals surface area (Å²) in [6, 6.07) is 0. The van der Waals surface area contributed by atoms with Gasteiger partial charge in [0.15, 0.2) is 0 Å². The monoisotopic (exact) mass is 158 g/mol. The molecular formula is C8H14O3. The first kappa shape index (κ1) is 7.53. The van der Waals surface area contributed by atoms with Crippen LogP contribution < -0.4 is 0 Å². The zero-order chi connectivity index (χ0) is 8.33. The summed E-state index contributed by atoms with van der Waals surface area (Å²) in [5.74, 6) is -1.03. The van der Waals surface area contributed by atoms with E-state index in [2.05, 4.69) is 20.8 Å². The SMILES string of the molecule is CC(C)(C)COC12OC1(C)O2. The van der Waals surface area contributed by atoms with Crippen LogP contribution in [0.25, 0.3) is 0 Å². The topological polar surface area (TPSA) is 34.3 Å². The standard InChI is InChI=1S/C8H14O3/c1-6(2,3)5-9-8-7(4,10-8)11-8/h5H2,1-4H3. The summed E-state index contributed by atoms with van der Waals surface area (Å²) in [5, 5.41) is 0. The summed E-state index contributed by atoms with van der Waals surface area (Å²) in [5.41, 5.74) is 0.174. The van der Waals surface area contributed by atoms with Crippen LogP contribution in [0.1, 0.15) is 27.7 Å². The molecule has 0 bridgehead atoms. The van der Waals surface area contributed by atoms with Gasteiger partial charge in [0, 0.05) is 0 Å². The van der Waals surface area contributed by atoms with Crippen LogP contribution in [0.15, 0.2) is 0 Å². The fourth-order valence-electron chi connectivity index (χ4n) is 0.971. The minimum atomic E-state index is -0.639. The molecule has 0 spiro atoms. The molecule has 2 rings (SSSR count). The number of rotatable bonds is 2. The molecule has 0 atom stereocenters. The molecule has 2 fully saturated rings. The Morgan fingerprint density at radius 3 is 2.00 bits per heavy atom. The largest absolute Gasteiger partial charge is 0.346 e. The molecule has 64 valence electrons. The van der Waals surface area contributed by atoms with Gasteiger partial charge in [0.2, 0.25) is 0 Å². The zero-order valence-corrected chi connectivity index (χ0v) is 7.43. The van der Waals surface area contributed by atoms with Crippen LogP contribution in [-0.4, -0.2) is 18.4 Å². The number of hydrogen-bond donors (Lipinski definition) is 0. The van der Waals surface area contributed by atoms with Crippen molar-refractivity contribution < 1.29 is 14.2 Å². The van der Waals surface area contributed by atoms with Gasteiger partial charge in [-0.05, 0) is 12.3 Å². The molecule has 2 aliphatic heterocycles. The molecule has 3 heteroatoms. The van der Waals surface area contributed by atoms with Crippen LogP contribution in [0.3, 0.4) is 0 Å². The van der Waals surface area contributed by atoms with Crippen molar-refractivity contribution in [2.24, 2.45) is 5.41 Å². The van der Waals surface area contributed by atoms with Gasteiger partial charge >= 0.3 is 5.97 Å². The molecule has 0 amide bonds. The Kier molecular flexibility index (Phi) is 1.11. The van der Waals surface area contributed by atoms with E-state index >= 15 is 0 Å². The maximum Gasteiger partial charge on any atom is 0.346 e. The Balaban J connectivity index is 1.78. The average molecular weight is 158 g/mol. The van der Waals surface area contributed by atoms with Crippen molar-refractivity contribution in [3.63, 3.8) is 0 Å². The Labute approximate surface area is 66.6 Å². The molecule has 0 saturated carbocycles. The summed E-state index contributed by atoms with van der Waals surface area (Å²) in [7, 11) is 0. The molecule has 0 aliphatic carbocycles. The first-order valence-corrected chi connectivity index (χ1v) is 3.91. The molecule has 0 N–H and O–H groups in total. The normalized spacial score (nSPS) is 46.9. The van der Waals surface area contributed by atoms with E-state index in [0.29, 0.717) is 6.61 Å². The maximum atomic E-state index is 5.44. The lowest BCUT2D eigenvalue weighted by atomic mass is 9.99. The van der Waals surface area contributed by atoms with Crippen molar-refractivity contribution in [2.45, 2.75) is 39.5 Å². The van der Waals surface area contributed by atoms with E-state index < -0.39 is 11.8 Å². The van der Waals surface area contributed by atoms with Crippen molar-refractivity contribution in [3.8, 4) is 0 Å². The van der Waals surface area contributed by atoms with Gasteiger partial charge in [0.1, 0.15) is 0 Å². The van der Waals surface area contributed by atoms with E-state index in [1.807, 2.05) is 6.92 Å². The van der Waals surface area contributed by atoms with Crippen molar-refractivity contribution >= 4 is 0 Å². The minimum Gasteiger partial charge on any atom is -0.322 e. The van der Waals surface area contributed by atoms with Gasteiger partial charge in [-0.15, -0.1) is 0 Å². The molecule has 3 nitrogen and oxygen atoms in total. The molecule has 0 aromatic heterocycles. The first-order valence-electron chi connectivity index (χ1n) is 3.91. The van der Waals surface area contributed by atoms with Gasteiger partial charge in [-0.1, -0.05) is 20.8 Å². The summed E-state index contributed by atoms with van der Waals surface area (Å²) in [4.78, 5) is 0. The highest BCUT2D eigenvalue weighted by Gasteiger charge is 2.91. The molecule has 11 heavy (non-hydrogen) atoms. The molecule has 0 unspecified atom stereocenters. The predicted octanol–water partition coefficient (Wildman–Crippen LogP) is 1.48. The number of epoxide rings is 2. The summed E-state index contributed by atoms with van der Waals surface area (Å²) in [6.45, 7) is 8.90. The maximum absolute atomic E-state index is 5.44. The third-order valence-electron chi connectivity index (χ3n) is 1.83. The van der Waals surface area contributed by atoms with E-state index in [0.717, 1.165) is 0 Å². The van der Waals surface area contributed by atoms with Gasteiger partial charge < -0.3 is 4.74 Å². The van der Waals surface area contributed by atoms with E-state index in [1.165, 1.54) is 0 Å². The van der Waals surface area contributed by atoms with Crippen molar-refractivity contribution in [3.05, 3.63) is 0 Å². The molecular weight excluding hydrogens is 144 g/mol. The van der Waals surface area contributed by atoms with Crippen LogP contribution in [-0.2, 0) is 14.2 Å². The van der Waals surface area contributed by atoms with E-state index in [1.54, 1.807) is 0 Å². The Morgan fingerprint density at radius 1 is 1.27 bits per heavy atom. The number of ether oxygens (including phenoxy) is 3. The predicted molar refractivity (Wildman–Crippen MR) is 38.7 cm³/mol. The summed E-state index contributed by atoms with van der Waals surface area (Å²) >= 11 is 0. The van der Waals surface area contributed by atoms with E-state index in [9.17, 15) is 0 Å². The third kappa shape index (κ3) is 1.08. The molecule has 2 heterocycles. The lowest BCUT2D eigenvalue weighted by Crippen LogP contribution is -2.19. The molecule has 2 aliphatic rings. The van der Waals surface area contributed by atoms with Crippen LogP contribution in [0, 0.1) is 5.41 Å². The van der Waals surface area contributed by atoms with E-state index in [4.69, 9.17) is 14.2 Å². The highest BCUT2D eigenvalue weighted by molar-refractivity contribution is 5.08. The lowest BCUT2D eigenvalue weighted by Gasteiger charge is -2.17. The average Bonchev–Trinajstić information content (AvgIpc) is 2.46. The van der Waals surface area contributed by atoms with E-state index in [-0.39, 0.29) is 5.41 Å². The molecule has 2 saturated heterocycles. The third-order valence-corrected chi connectivity index (χ3v) is 1.83. The van der Waals surface area contributed by atoms with Crippen molar-refractivity contribution in [1.29, 1.82) is 0 Å². The second kappa shape index (κ2) is 1.63. The summed E-state index contributed by atoms with van der Waals surface area (Å²) < 4.78 is 15.7. The van der Waals surface area contributed by atoms with Gasteiger partial charge in [0.05, 0.1) is 6.61 Å². The van der Waals surface area contributed by atoms with Crippen molar-refractivity contribution in [2.75, 3.05) is 6.61 Å². The van der Waals surface area contributed by atoms with Crippen LogP contribution in [0.5, 0.6) is 0 Å². The first-order chi connectivity index (χ1) is 4.87. The van der Waals surface area contributed by atoms with Crippen LogP contribution in [0.4, 0.5) is 0 Å². The fourth-order valence-corrected chi connectivity index (χ4v) is 0.971. The van der Waals surface area contributed by atoms with Gasteiger partial charge in [-0.2, -0.15) is 0 Å². The Bertz CT molecular complexity index is 186. The molecule has 0 radical (unpaired) electrons. The Morgan fingerprint density at radius 2 is 1.73 bits per heavy atom.